The third kappa shape index (κ3) is 3.74. The smallest absolute Gasteiger partial charge is 0.335 e. The fraction of sp³-hybridized carbons (Fsp3) is 0.833. The molecule has 144 valence electrons. The van der Waals surface area contributed by atoms with Crippen molar-refractivity contribution in [2.75, 3.05) is 0 Å². The summed E-state index contributed by atoms with van der Waals surface area (Å²) in [5.74, 6) is -3.39. The molecule has 0 aromatic heterocycles. The van der Waals surface area contributed by atoms with Gasteiger partial charge in [-0.3, -0.25) is 0 Å². The molecule has 0 aliphatic carbocycles. The first-order valence-electron chi connectivity index (χ1n) is 7.06. The van der Waals surface area contributed by atoms with E-state index in [9.17, 15) is 40.2 Å². The molecule has 2 saturated heterocycles. The van der Waals surface area contributed by atoms with Crippen molar-refractivity contribution >= 4 is 11.9 Å². The van der Waals surface area contributed by atoms with Crippen LogP contribution in [0.1, 0.15) is 0 Å². The van der Waals surface area contributed by atoms with Gasteiger partial charge in [-0.15, -0.1) is 0 Å². The highest BCUT2D eigenvalue weighted by molar-refractivity contribution is 5.74. The van der Waals surface area contributed by atoms with Crippen molar-refractivity contribution in [2.45, 2.75) is 61.4 Å². The molecule has 0 spiro atoms. The second-order valence-corrected chi connectivity index (χ2v) is 5.60. The summed E-state index contributed by atoms with van der Waals surface area (Å²) in [6.45, 7) is 0. The second kappa shape index (κ2) is 7.45. The molecule has 0 aromatic rings. The van der Waals surface area contributed by atoms with E-state index in [0.29, 0.717) is 0 Å². The Balaban J connectivity index is 2.22. The van der Waals surface area contributed by atoms with Crippen LogP contribution in [0.3, 0.4) is 0 Å². The van der Waals surface area contributed by atoms with Gasteiger partial charge in [0.25, 0.3) is 0 Å². The van der Waals surface area contributed by atoms with E-state index in [4.69, 9.17) is 19.7 Å². The molecule has 2 fully saturated rings. The maximum absolute atomic E-state index is 11.2. The van der Waals surface area contributed by atoms with Crippen molar-refractivity contribution in [3.05, 3.63) is 0 Å². The fourth-order valence-electron chi connectivity index (χ4n) is 2.52. The molecule has 2 aliphatic rings. The zero-order valence-electron chi connectivity index (χ0n) is 12.4. The van der Waals surface area contributed by atoms with Crippen LogP contribution in [0.2, 0.25) is 0 Å². The van der Waals surface area contributed by atoms with Crippen molar-refractivity contribution in [3.8, 4) is 0 Å². The minimum absolute atomic E-state index is 1.70. The molecule has 10 atom stereocenters. The highest BCUT2D eigenvalue weighted by atomic mass is 16.7. The largest absolute Gasteiger partial charge is 0.479 e. The Morgan fingerprint density at radius 1 is 0.680 bits per heavy atom. The van der Waals surface area contributed by atoms with E-state index in [1.165, 1.54) is 0 Å². The van der Waals surface area contributed by atoms with Crippen LogP contribution in [0, 0.1) is 0 Å². The van der Waals surface area contributed by atoms with Gasteiger partial charge in [0, 0.05) is 0 Å². The molecular weight excluding hydrogens is 352 g/mol. The monoisotopic (exact) mass is 370 g/mol. The van der Waals surface area contributed by atoms with Crippen LogP contribution in [0.25, 0.3) is 0 Å². The first-order valence-corrected chi connectivity index (χ1v) is 7.06. The predicted octanol–water partition coefficient (Wildman–Crippen LogP) is -5.21. The van der Waals surface area contributed by atoms with Gasteiger partial charge in [0.1, 0.15) is 36.6 Å². The summed E-state index contributed by atoms with van der Waals surface area (Å²) in [6, 6.07) is 0. The van der Waals surface area contributed by atoms with Gasteiger partial charge in [-0.1, -0.05) is 0 Å². The van der Waals surface area contributed by atoms with E-state index in [2.05, 4.69) is 4.74 Å². The first-order chi connectivity index (χ1) is 11.6. The number of hydrogen-bond acceptors (Lipinski definition) is 11. The van der Waals surface area contributed by atoms with Gasteiger partial charge in [0.2, 0.25) is 0 Å². The molecule has 0 bridgehead atoms. The maximum Gasteiger partial charge on any atom is 0.335 e. The van der Waals surface area contributed by atoms with Crippen LogP contribution in [0.15, 0.2) is 0 Å². The van der Waals surface area contributed by atoms with Crippen LogP contribution in [-0.2, 0) is 23.8 Å². The number of aliphatic hydroxyl groups is 6. The second-order valence-electron chi connectivity index (χ2n) is 5.60. The molecule has 8 N–H and O–H groups in total. The Morgan fingerprint density at radius 3 is 1.76 bits per heavy atom. The average molecular weight is 370 g/mol. The van der Waals surface area contributed by atoms with Crippen LogP contribution in [-0.4, -0.2) is 114 Å². The molecular formula is C12H18O13. The minimum atomic E-state index is -2.03. The lowest BCUT2D eigenvalue weighted by Crippen LogP contribution is -2.65. The van der Waals surface area contributed by atoms with E-state index in [-0.39, 0.29) is 0 Å². The number of carboxylic acids is 2. The van der Waals surface area contributed by atoms with Gasteiger partial charge in [-0.05, 0) is 0 Å². The molecule has 0 aromatic carbocycles. The van der Waals surface area contributed by atoms with E-state index in [0.717, 1.165) is 0 Å². The van der Waals surface area contributed by atoms with Gasteiger partial charge in [-0.2, -0.15) is 0 Å². The molecule has 25 heavy (non-hydrogen) atoms. The molecule has 0 amide bonds. The molecule has 2 aliphatic heterocycles. The molecule has 0 radical (unpaired) electrons. The summed E-state index contributed by atoms with van der Waals surface area (Å²) < 4.78 is 14.4. The van der Waals surface area contributed by atoms with Crippen LogP contribution < -0.4 is 0 Å². The SMILES string of the molecule is O=C(O)[C@H]1OC(O)[C@H](O)[C@@H](O)C1O[C@H]1O[C@H](C(=O)O)[C@H](O)[C@H](O)[C@H]1O. The zero-order valence-corrected chi connectivity index (χ0v) is 12.4. The summed E-state index contributed by atoms with van der Waals surface area (Å²) in [5.41, 5.74) is 0. The summed E-state index contributed by atoms with van der Waals surface area (Å²) in [5, 5.41) is 75.9. The quantitative estimate of drug-likeness (QED) is 0.232. The number of hydrogen-bond donors (Lipinski definition) is 8. The van der Waals surface area contributed by atoms with Gasteiger partial charge in [0.15, 0.2) is 24.8 Å². The average Bonchev–Trinajstić information content (AvgIpc) is 2.54. The minimum Gasteiger partial charge on any atom is -0.479 e. The van der Waals surface area contributed by atoms with Crippen molar-refractivity contribution < 1.29 is 64.7 Å². The normalized spacial score (nSPS) is 48.1. The summed E-state index contributed by atoms with van der Waals surface area (Å²) in [7, 11) is 0. The fourth-order valence-corrected chi connectivity index (χ4v) is 2.52. The standard InChI is InChI=1S/C12H18O13/c13-1-2(14)7(9(18)19)25-12(5(1)17)24-6-3(15)4(16)11(22)23-8(6)10(20)21/h1-8,11-17,22H,(H,18,19)(H,20,21)/t1-,2+,3+,4+,5+,6?,7-,8-,11?,12-/m0/s1. The number of carboxylic acid groups (broad SMARTS) is 2. The topological polar surface area (TPSA) is 224 Å². The summed E-state index contributed by atoms with van der Waals surface area (Å²) >= 11 is 0. The van der Waals surface area contributed by atoms with Crippen LogP contribution >= 0.6 is 0 Å². The van der Waals surface area contributed by atoms with Crippen LogP contribution in [0.4, 0.5) is 0 Å². The lowest BCUT2D eigenvalue weighted by atomic mass is 9.96. The Hall–Kier alpha value is -1.42. The number of rotatable bonds is 4. The Bertz CT molecular complexity index is 511. The van der Waals surface area contributed by atoms with Crippen molar-refractivity contribution in [1.29, 1.82) is 0 Å². The Kier molecular flexibility index (Phi) is 5.93. The van der Waals surface area contributed by atoms with Gasteiger partial charge >= 0.3 is 11.9 Å². The van der Waals surface area contributed by atoms with Gasteiger partial charge in [0.05, 0.1) is 0 Å². The predicted molar refractivity (Wildman–Crippen MR) is 69.7 cm³/mol. The van der Waals surface area contributed by atoms with Gasteiger partial charge < -0.3 is 55.1 Å². The van der Waals surface area contributed by atoms with Crippen molar-refractivity contribution in [1.82, 2.24) is 0 Å². The zero-order chi connectivity index (χ0) is 19.0. The summed E-state index contributed by atoms with van der Waals surface area (Å²) in [4.78, 5) is 22.2. The molecule has 0 saturated carbocycles. The lowest BCUT2D eigenvalue weighted by molar-refractivity contribution is -0.346. The molecule has 2 unspecified atom stereocenters. The van der Waals surface area contributed by atoms with E-state index >= 15 is 0 Å². The number of carbonyl (C=O) groups is 2. The maximum atomic E-state index is 11.2. The number of ether oxygens (including phenoxy) is 3. The summed E-state index contributed by atoms with van der Waals surface area (Å²) in [6.07, 6.45) is -19.9. The Morgan fingerprint density at radius 2 is 1.24 bits per heavy atom. The molecule has 13 nitrogen and oxygen atoms in total. The van der Waals surface area contributed by atoms with E-state index in [1.807, 2.05) is 0 Å². The van der Waals surface area contributed by atoms with Crippen molar-refractivity contribution in [2.24, 2.45) is 0 Å². The highest BCUT2D eigenvalue weighted by Gasteiger charge is 2.53. The number of aliphatic carboxylic acids is 2. The molecule has 2 heterocycles. The van der Waals surface area contributed by atoms with Crippen molar-refractivity contribution in [3.63, 3.8) is 0 Å². The third-order valence-corrected chi connectivity index (χ3v) is 3.91. The van der Waals surface area contributed by atoms with E-state index in [1.54, 1.807) is 0 Å². The lowest BCUT2D eigenvalue weighted by Gasteiger charge is -2.44. The Labute approximate surface area is 139 Å². The van der Waals surface area contributed by atoms with E-state index < -0.39 is 73.4 Å². The van der Waals surface area contributed by atoms with Gasteiger partial charge in [-0.25, -0.2) is 9.59 Å². The first kappa shape index (κ1) is 19.9. The van der Waals surface area contributed by atoms with Crippen LogP contribution in [0.5, 0.6) is 0 Å². The molecule has 2 rings (SSSR count). The number of aliphatic hydroxyl groups excluding tert-OH is 6. The molecule has 13 heteroatoms. The highest BCUT2D eigenvalue weighted by Crippen LogP contribution is 2.28. The third-order valence-electron chi connectivity index (χ3n) is 3.91.